The third-order valence-electron chi connectivity index (χ3n) is 3.82. The maximum Gasteiger partial charge on any atom is 0.247 e. The number of amides is 1. The van der Waals surface area contributed by atoms with E-state index in [9.17, 15) is 4.79 Å². The van der Waals surface area contributed by atoms with Crippen LogP contribution in [0.5, 0.6) is 5.75 Å². The number of hydrogen-bond donors (Lipinski definition) is 1. The van der Waals surface area contributed by atoms with Gasteiger partial charge in [0.15, 0.2) is 0 Å². The number of carbonyl (C=O) groups is 1. The second-order valence-corrected chi connectivity index (χ2v) is 5.57. The standard InChI is InChI=1S/C15H20N2O3/c1-9(2)20-13-6-4-5-11-14(13)16-15(18)12-7-10(19-3)8-17(11)12/h4-6,9-10,12H,7-8H2,1-3H3,(H,16,18). The monoisotopic (exact) mass is 276 g/mol. The molecule has 1 saturated heterocycles. The van der Waals surface area contributed by atoms with Crippen LogP contribution >= 0.6 is 0 Å². The summed E-state index contributed by atoms with van der Waals surface area (Å²) in [5, 5.41) is 2.99. The molecule has 5 nitrogen and oxygen atoms in total. The predicted octanol–water partition coefficient (Wildman–Crippen LogP) is 2.02. The molecule has 5 heteroatoms. The Bertz CT molecular complexity index is 530. The van der Waals surface area contributed by atoms with Crippen LogP contribution in [0.4, 0.5) is 11.4 Å². The zero-order valence-corrected chi connectivity index (χ0v) is 12.1. The Morgan fingerprint density at radius 1 is 1.40 bits per heavy atom. The molecule has 0 saturated carbocycles. The first-order chi connectivity index (χ1) is 9.60. The van der Waals surface area contributed by atoms with E-state index < -0.39 is 0 Å². The molecular formula is C15H20N2O3. The van der Waals surface area contributed by atoms with E-state index in [2.05, 4.69) is 10.2 Å². The number of nitrogens with one attached hydrogen (secondary N) is 1. The first-order valence-electron chi connectivity index (χ1n) is 7.00. The van der Waals surface area contributed by atoms with E-state index in [1.54, 1.807) is 7.11 Å². The van der Waals surface area contributed by atoms with Gasteiger partial charge in [-0.2, -0.15) is 0 Å². The van der Waals surface area contributed by atoms with E-state index in [0.29, 0.717) is 0 Å². The normalized spacial score (nSPS) is 24.4. The summed E-state index contributed by atoms with van der Waals surface area (Å²) >= 11 is 0. The van der Waals surface area contributed by atoms with E-state index in [1.165, 1.54) is 0 Å². The van der Waals surface area contributed by atoms with Crippen LogP contribution in [0.2, 0.25) is 0 Å². The van der Waals surface area contributed by atoms with Crippen molar-refractivity contribution >= 4 is 17.3 Å². The van der Waals surface area contributed by atoms with Crippen LogP contribution in [-0.2, 0) is 9.53 Å². The number of ether oxygens (including phenoxy) is 2. The summed E-state index contributed by atoms with van der Waals surface area (Å²) in [6.07, 6.45) is 0.907. The average Bonchev–Trinajstić information content (AvgIpc) is 2.84. The second-order valence-electron chi connectivity index (χ2n) is 5.57. The van der Waals surface area contributed by atoms with Crippen molar-refractivity contribution in [2.45, 2.75) is 38.5 Å². The summed E-state index contributed by atoms with van der Waals surface area (Å²) in [6, 6.07) is 5.74. The number of benzene rings is 1. The zero-order valence-electron chi connectivity index (χ0n) is 12.1. The molecule has 3 rings (SSSR count). The van der Waals surface area contributed by atoms with E-state index in [-0.39, 0.29) is 24.2 Å². The van der Waals surface area contributed by atoms with E-state index in [0.717, 1.165) is 30.1 Å². The minimum atomic E-state index is -0.137. The highest BCUT2D eigenvalue weighted by Crippen LogP contribution is 2.42. The van der Waals surface area contributed by atoms with Crippen molar-refractivity contribution in [3.63, 3.8) is 0 Å². The summed E-state index contributed by atoms with van der Waals surface area (Å²) in [6.45, 7) is 4.69. The van der Waals surface area contributed by atoms with Crippen LogP contribution in [0.25, 0.3) is 0 Å². The summed E-state index contributed by atoms with van der Waals surface area (Å²) in [7, 11) is 1.69. The van der Waals surface area contributed by atoms with Crippen molar-refractivity contribution in [3.8, 4) is 5.75 Å². The molecule has 2 aliphatic heterocycles. The van der Waals surface area contributed by atoms with E-state index >= 15 is 0 Å². The Morgan fingerprint density at radius 3 is 2.90 bits per heavy atom. The maximum absolute atomic E-state index is 12.3. The lowest BCUT2D eigenvalue weighted by molar-refractivity contribution is -0.117. The Labute approximate surface area is 118 Å². The van der Waals surface area contributed by atoms with Crippen LogP contribution in [0, 0.1) is 0 Å². The van der Waals surface area contributed by atoms with Gasteiger partial charge in [-0.15, -0.1) is 0 Å². The molecule has 0 aromatic heterocycles. The predicted molar refractivity (Wildman–Crippen MR) is 77.4 cm³/mol. The number of nitrogens with zero attached hydrogens (tertiary/aromatic N) is 1. The minimum Gasteiger partial charge on any atom is -0.489 e. The Kier molecular flexibility index (Phi) is 3.30. The lowest BCUT2D eigenvalue weighted by atomic mass is 10.1. The molecule has 1 fully saturated rings. The lowest BCUT2D eigenvalue weighted by Gasteiger charge is -2.33. The summed E-state index contributed by atoms with van der Waals surface area (Å²) in [5.41, 5.74) is 1.80. The molecule has 1 aromatic carbocycles. The number of methoxy groups -OCH3 is 1. The van der Waals surface area contributed by atoms with Gasteiger partial charge >= 0.3 is 0 Å². The zero-order chi connectivity index (χ0) is 14.3. The summed E-state index contributed by atoms with van der Waals surface area (Å²) < 4.78 is 11.2. The fraction of sp³-hybridized carbons (Fsp3) is 0.533. The van der Waals surface area contributed by atoms with Gasteiger partial charge in [-0.1, -0.05) is 6.07 Å². The Balaban J connectivity index is 1.99. The number of anilines is 2. The van der Waals surface area contributed by atoms with Gasteiger partial charge in [0.2, 0.25) is 5.91 Å². The van der Waals surface area contributed by atoms with E-state index in [4.69, 9.17) is 9.47 Å². The molecule has 2 atom stereocenters. The van der Waals surface area contributed by atoms with Crippen molar-refractivity contribution < 1.29 is 14.3 Å². The van der Waals surface area contributed by atoms with Gasteiger partial charge in [0.1, 0.15) is 17.5 Å². The molecule has 2 unspecified atom stereocenters. The first-order valence-corrected chi connectivity index (χ1v) is 7.00. The van der Waals surface area contributed by atoms with Crippen LogP contribution in [-0.4, -0.2) is 37.8 Å². The number of rotatable bonds is 3. The van der Waals surface area contributed by atoms with Crippen molar-refractivity contribution in [3.05, 3.63) is 18.2 Å². The van der Waals surface area contributed by atoms with Crippen molar-refractivity contribution in [1.29, 1.82) is 0 Å². The molecule has 1 amide bonds. The number of hydrogen-bond acceptors (Lipinski definition) is 4. The van der Waals surface area contributed by atoms with Gasteiger partial charge < -0.3 is 19.7 Å². The quantitative estimate of drug-likeness (QED) is 0.917. The minimum absolute atomic E-state index is 0.0249. The van der Waals surface area contributed by atoms with Crippen LogP contribution in [0.15, 0.2) is 18.2 Å². The van der Waals surface area contributed by atoms with Crippen molar-refractivity contribution in [2.75, 3.05) is 23.9 Å². The topological polar surface area (TPSA) is 50.8 Å². The molecule has 0 spiro atoms. The number of para-hydroxylation sites is 1. The number of carbonyl (C=O) groups excluding carboxylic acids is 1. The van der Waals surface area contributed by atoms with Crippen LogP contribution in [0.1, 0.15) is 20.3 Å². The molecule has 2 aliphatic rings. The summed E-state index contributed by atoms with van der Waals surface area (Å²) in [5.74, 6) is 0.752. The van der Waals surface area contributed by atoms with Gasteiger partial charge in [0, 0.05) is 20.1 Å². The van der Waals surface area contributed by atoms with Gasteiger partial charge in [0.25, 0.3) is 0 Å². The molecule has 2 heterocycles. The van der Waals surface area contributed by atoms with Gasteiger partial charge in [-0.05, 0) is 26.0 Å². The molecule has 0 aliphatic carbocycles. The highest BCUT2D eigenvalue weighted by molar-refractivity contribution is 6.05. The van der Waals surface area contributed by atoms with Crippen molar-refractivity contribution in [1.82, 2.24) is 0 Å². The first kappa shape index (κ1) is 13.2. The number of fused-ring (bicyclic) bond motifs is 3. The highest BCUT2D eigenvalue weighted by atomic mass is 16.5. The highest BCUT2D eigenvalue weighted by Gasteiger charge is 2.42. The molecule has 20 heavy (non-hydrogen) atoms. The Morgan fingerprint density at radius 2 is 2.20 bits per heavy atom. The summed E-state index contributed by atoms with van der Waals surface area (Å²) in [4.78, 5) is 14.4. The largest absolute Gasteiger partial charge is 0.489 e. The molecule has 1 aromatic rings. The lowest BCUT2D eigenvalue weighted by Crippen LogP contribution is -2.44. The van der Waals surface area contributed by atoms with Crippen molar-refractivity contribution in [2.24, 2.45) is 0 Å². The van der Waals surface area contributed by atoms with E-state index in [1.807, 2.05) is 32.0 Å². The second kappa shape index (κ2) is 4.98. The van der Waals surface area contributed by atoms with Crippen LogP contribution < -0.4 is 15.0 Å². The molecule has 1 N–H and O–H groups in total. The fourth-order valence-electron chi connectivity index (χ4n) is 2.93. The maximum atomic E-state index is 12.3. The molecule has 108 valence electrons. The molecular weight excluding hydrogens is 256 g/mol. The molecule has 0 bridgehead atoms. The van der Waals surface area contributed by atoms with Gasteiger partial charge in [-0.3, -0.25) is 4.79 Å². The Hall–Kier alpha value is -1.75. The third-order valence-corrected chi connectivity index (χ3v) is 3.82. The average molecular weight is 276 g/mol. The SMILES string of the molecule is COC1CC2C(=O)Nc3c(OC(C)C)cccc3N2C1. The van der Waals surface area contributed by atoms with Crippen LogP contribution in [0.3, 0.4) is 0 Å². The third kappa shape index (κ3) is 2.12. The fourth-order valence-corrected chi connectivity index (χ4v) is 2.93. The molecule has 0 radical (unpaired) electrons. The van der Waals surface area contributed by atoms with Gasteiger partial charge in [-0.25, -0.2) is 0 Å². The smallest absolute Gasteiger partial charge is 0.247 e. The van der Waals surface area contributed by atoms with Gasteiger partial charge in [0.05, 0.1) is 17.9 Å².